The third-order valence-corrected chi connectivity index (χ3v) is 3.76. The van der Waals surface area contributed by atoms with Crippen LogP contribution in [0.2, 0.25) is 0 Å². The van der Waals surface area contributed by atoms with Crippen LogP contribution in [-0.2, 0) is 14.3 Å². The van der Waals surface area contributed by atoms with E-state index >= 15 is 0 Å². The summed E-state index contributed by atoms with van der Waals surface area (Å²) in [5, 5.41) is 8.70. The predicted octanol–water partition coefficient (Wildman–Crippen LogP) is 0.874. The maximum atomic E-state index is 11.9. The molecule has 0 aromatic carbocycles. The number of ether oxygens (including phenoxy) is 1. The monoisotopic (exact) mass is 286 g/mol. The molecule has 1 rings (SSSR count). The Kier molecular flexibility index (Phi) is 5.53. The molecule has 0 aliphatic heterocycles. The highest BCUT2D eigenvalue weighted by Gasteiger charge is 2.35. The van der Waals surface area contributed by atoms with Gasteiger partial charge >= 0.3 is 11.9 Å². The number of nitrogens with two attached hydrogens (primary N) is 2. The molecule has 1 unspecified atom stereocenters. The van der Waals surface area contributed by atoms with Crippen LogP contribution in [0.1, 0.15) is 46.5 Å². The molecule has 0 aromatic heterocycles. The van der Waals surface area contributed by atoms with Crippen molar-refractivity contribution in [1.29, 1.82) is 0 Å². The van der Waals surface area contributed by atoms with Gasteiger partial charge in [0.25, 0.3) is 0 Å². The zero-order chi connectivity index (χ0) is 15.5. The summed E-state index contributed by atoms with van der Waals surface area (Å²) in [6, 6.07) is -2.12. The molecule has 20 heavy (non-hydrogen) atoms. The number of hydrogen-bond donors (Lipinski definition) is 3. The highest BCUT2D eigenvalue weighted by atomic mass is 16.5. The van der Waals surface area contributed by atoms with Crippen LogP contribution in [0.15, 0.2) is 0 Å². The van der Waals surface area contributed by atoms with Crippen molar-refractivity contribution in [2.75, 3.05) is 0 Å². The van der Waals surface area contributed by atoms with Crippen molar-refractivity contribution in [3.05, 3.63) is 0 Å². The Hall–Kier alpha value is -1.14. The number of carboxylic acids is 1. The van der Waals surface area contributed by atoms with E-state index in [1.165, 1.54) is 0 Å². The molecule has 116 valence electrons. The lowest BCUT2D eigenvalue weighted by molar-refractivity contribution is -0.155. The molecule has 4 atom stereocenters. The molecule has 0 radical (unpaired) electrons. The number of hydrogen-bond acceptors (Lipinski definition) is 5. The van der Waals surface area contributed by atoms with Crippen LogP contribution in [0.3, 0.4) is 0 Å². The van der Waals surface area contributed by atoms with Crippen LogP contribution in [0.5, 0.6) is 0 Å². The van der Waals surface area contributed by atoms with E-state index in [1.807, 2.05) is 0 Å². The van der Waals surface area contributed by atoms with E-state index < -0.39 is 24.0 Å². The molecule has 5 N–H and O–H groups in total. The fourth-order valence-corrected chi connectivity index (χ4v) is 3.07. The molecule has 1 aliphatic carbocycles. The predicted molar refractivity (Wildman–Crippen MR) is 74.9 cm³/mol. The average molecular weight is 286 g/mol. The first kappa shape index (κ1) is 16.9. The second kappa shape index (κ2) is 6.54. The van der Waals surface area contributed by atoms with Crippen molar-refractivity contribution in [3.8, 4) is 0 Å². The average Bonchev–Trinajstić information content (AvgIpc) is 2.25. The van der Waals surface area contributed by atoms with Gasteiger partial charge < -0.3 is 21.3 Å². The van der Waals surface area contributed by atoms with Crippen LogP contribution >= 0.6 is 0 Å². The third-order valence-electron chi connectivity index (χ3n) is 3.76. The Bertz CT molecular complexity index is 370. The Morgan fingerprint density at radius 1 is 1.30 bits per heavy atom. The zero-order valence-corrected chi connectivity index (χ0v) is 12.5. The number of carbonyl (C=O) groups excluding carboxylic acids is 1. The molecule has 1 fully saturated rings. The van der Waals surface area contributed by atoms with Gasteiger partial charge in [0, 0.05) is 0 Å². The molecule has 1 aliphatic rings. The molecular formula is C14H26N2O4. The molecule has 0 heterocycles. The molecule has 0 bridgehead atoms. The summed E-state index contributed by atoms with van der Waals surface area (Å²) >= 11 is 0. The summed E-state index contributed by atoms with van der Waals surface area (Å²) < 4.78 is 5.43. The molecular weight excluding hydrogens is 260 g/mol. The molecule has 1 saturated carbocycles. The summed E-state index contributed by atoms with van der Waals surface area (Å²) in [5.74, 6) is -1.23. The van der Waals surface area contributed by atoms with Crippen molar-refractivity contribution in [3.63, 3.8) is 0 Å². The van der Waals surface area contributed by atoms with Crippen molar-refractivity contribution in [1.82, 2.24) is 0 Å². The lowest BCUT2D eigenvalue weighted by Crippen LogP contribution is -2.44. The Morgan fingerprint density at radius 2 is 1.90 bits per heavy atom. The van der Waals surface area contributed by atoms with Crippen molar-refractivity contribution in [2.45, 2.75) is 64.6 Å². The van der Waals surface area contributed by atoms with E-state index in [1.54, 1.807) is 0 Å². The first-order chi connectivity index (χ1) is 9.10. The Labute approximate surface area is 119 Å². The quantitative estimate of drug-likeness (QED) is 0.646. The number of aliphatic carboxylic acids is 1. The number of rotatable bonds is 5. The summed E-state index contributed by atoms with van der Waals surface area (Å²) in [5.41, 5.74) is 11.2. The van der Waals surface area contributed by atoms with Gasteiger partial charge in [-0.3, -0.25) is 9.59 Å². The van der Waals surface area contributed by atoms with E-state index in [4.69, 9.17) is 21.3 Å². The third kappa shape index (κ3) is 5.09. The fourth-order valence-electron chi connectivity index (χ4n) is 3.07. The maximum Gasteiger partial charge on any atom is 0.323 e. The number of esters is 1. The topological polar surface area (TPSA) is 116 Å². The van der Waals surface area contributed by atoms with E-state index in [2.05, 4.69) is 20.8 Å². The molecule has 0 saturated heterocycles. The molecule has 6 nitrogen and oxygen atoms in total. The minimum atomic E-state index is -1.17. The van der Waals surface area contributed by atoms with Crippen LogP contribution in [0, 0.1) is 11.3 Å². The summed E-state index contributed by atoms with van der Waals surface area (Å²) in [6.45, 7) is 6.45. The van der Waals surface area contributed by atoms with Gasteiger partial charge in [-0.15, -0.1) is 0 Å². The first-order valence-electron chi connectivity index (χ1n) is 7.05. The molecule has 0 spiro atoms. The molecule has 0 aromatic rings. The van der Waals surface area contributed by atoms with Crippen molar-refractivity contribution < 1.29 is 19.4 Å². The summed E-state index contributed by atoms with van der Waals surface area (Å²) in [7, 11) is 0. The standard InChI is InChI=1S/C14H26N2O4/c1-8-4-9(7-14(2,3)6-8)20-13(19)11(16)5-10(15)12(17)18/h8-11H,4-7,15-16H2,1-3H3,(H,17,18)/t8-,9-,10+,11?/m1/s1. The minimum absolute atomic E-state index is 0.111. The van der Waals surface area contributed by atoms with Crippen LogP contribution in [0.4, 0.5) is 0 Å². The van der Waals surface area contributed by atoms with Gasteiger partial charge in [0.2, 0.25) is 0 Å². The van der Waals surface area contributed by atoms with E-state index in [0.717, 1.165) is 19.3 Å². The smallest absolute Gasteiger partial charge is 0.323 e. The van der Waals surface area contributed by atoms with E-state index in [-0.39, 0.29) is 17.9 Å². The van der Waals surface area contributed by atoms with Crippen molar-refractivity contribution in [2.24, 2.45) is 22.8 Å². The van der Waals surface area contributed by atoms with Crippen LogP contribution in [0.25, 0.3) is 0 Å². The lowest BCUT2D eigenvalue weighted by atomic mass is 9.71. The lowest BCUT2D eigenvalue weighted by Gasteiger charge is -2.38. The largest absolute Gasteiger partial charge is 0.480 e. The van der Waals surface area contributed by atoms with Gasteiger partial charge in [-0.2, -0.15) is 0 Å². The van der Waals surface area contributed by atoms with Gasteiger partial charge in [-0.05, 0) is 37.0 Å². The van der Waals surface area contributed by atoms with Gasteiger partial charge in [0.05, 0.1) is 0 Å². The van der Waals surface area contributed by atoms with Gasteiger partial charge in [-0.25, -0.2) is 0 Å². The van der Waals surface area contributed by atoms with E-state index in [0.29, 0.717) is 5.92 Å². The Morgan fingerprint density at radius 3 is 2.40 bits per heavy atom. The highest BCUT2D eigenvalue weighted by molar-refractivity contribution is 5.78. The minimum Gasteiger partial charge on any atom is -0.480 e. The fraction of sp³-hybridized carbons (Fsp3) is 0.857. The van der Waals surface area contributed by atoms with Gasteiger partial charge in [0.15, 0.2) is 0 Å². The first-order valence-corrected chi connectivity index (χ1v) is 7.05. The van der Waals surface area contributed by atoms with Gasteiger partial charge in [0.1, 0.15) is 18.2 Å². The van der Waals surface area contributed by atoms with Crippen LogP contribution < -0.4 is 11.5 Å². The van der Waals surface area contributed by atoms with Crippen molar-refractivity contribution >= 4 is 11.9 Å². The zero-order valence-electron chi connectivity index (χ0n) is 12.5. The molecule has 0 amide bonds. The summed E-state index contributed by atoms with van der Waals surface area (Å²) in [4.78, 5) is 22.5. The maximum absolute atomic E-state index is 11.9. The number of carbonyl (C=O) groups is 2. The Balaban J connectivity index is 2.51. The second-order valence-corrected chi connectivity index (χ2v) is 6.76. The number of carboxylic acid groups (broad SMARTS) is 1. The highest BCUT2D eigenvalue weighted by Crippen LogP contribution is 2.39. The normalized spacial score (nSPS) is 28.4. The van der Waals surface area contributed by atoms with Crippen LogP contribution in [-0.4, -0.2) is 35.2 Å². The van der Waals surface area contributed by atoms with Gasteiger partial charge in [-0.1, -0.05) is 20.8 Å². The second-order valence-electron chi connectivity index (χ2n) is 6.76. The van der Waals surface area contributed by atoms with E-state index in [9.17, 15) is 9.59 Å². The SMILES string of the molecule is C[C@@H]1C[C@@H](OC(=O)C(N)C[C@H](N)C(=O)O)CC(C)(C)C1. The summed E-state index contributed by atoms with van der Waals surface area (Å²) in [6.07, 6.45) is 2.48. The molecule has 6 heteroatoms.